The van der Waals surface area contributed by atoms with Crippen molar-refractivity contribution in [1.29, 1.82) is 0 Å². The quantitative estimate of drug-likeness (QED) is 0.212. The van der Waals surface area contributed by atoms with Crippen LogP contribution < -0.4 is 29.1 Å². The fourth-order valence-corrected chi connectivity index (χ4v) is 6.07. The van der Waals surface area contributed by atoms with Crippen molar-refractivity contribution in [2.24, 2.45) is 4.99 Å². The molecule has 5 rings (SSSR count). The van der Waals surface area contributed by atoms with Crippen molar-refractivity contribution in [2.75, 3.05) is 19.8 Å². The van der Waals surface area contributed by atoms with Crippen LogP contribution >= 0.6 is 11.3 Å². The van der Waals surface area contributed by atoms with E-state index < -0.39 is 12.0 Å². The summed E-state index contributed by atoms with van der Waals surface area (Å²) in [5.41, 5.74) is 2.53. The molecule has 2 heterocycles. The van der Waals surface area contributed by atoms with E-state index in [0.29, 0.717) is 62.2 Å². The second-order valence-corrected chi connectivity index (χ2v) is 10.8. The maximum Gasteiger partial charge on any atom is 0.338 e. The van der Waals surface area contributed by atoms with Crippen LogP contribution in [0.1, 0.15) is 50.4 Å². The molecule has 44 heavy (non-hydrogen) atoms. The lowest BCUT2D eigenvalue weighted by Crippen LogP contribution is -2.40. The van der Waals surface area contributed by atoms with Gasteiger partial charge in [-0.05, 0) is 75.2 Å². The Morgan fingerprint density at radius 3 is 2.45 bits per heavy atom. The fraction of sp³-hybridized carbons (Fsp3) is 0.265. The highest BCUT2D eigenvalue weighted by Crippen LogP contribution is 2.36. The number of fused-ring (bicyclic) bond motifs is 1. The molecule has 0 radical (unpaired) electrons. The second kappa shape index (κ2) is 13.7. The summed E-state index contributed by atoms with van der Waals surface area (Å²) in [4.78, 5) is 32.4. The van der Waals surface area contributed by atoms with Gasteiger partial charge in [0.25, 0.3) is 5.56 Å². The topological polar surface area (TPSA) is 88.4 Å². The molecule has 8 nitrogen and oxygen atoms in total. The maximum absolute atomic E-state index is 14.0. The normalized spacial score (nSPS) is 14.6. The van der Waals surface area contributed by atoms with Gasteiger partial charge in [-0.1, -0.05) is 47.7 Å². The molecular formula is C34H33FN2O6S. The minimum absolute atomic E-state index is 0.168. The molecule has 228 valence electrons. The zero-order chi connectivity index (χ0) is 31.2. The lowest BCUT2D eigenvalue weighted by atomic mass is 9.95. The molecule has 3 aromatic carbocycles. The predicted octanol–water partition coefficient (Wildman–Crippen LogP) is 5.31. The Bertz CT molecular complexity index is 1890. The van der Waals surface area contributed by atoms with Gasteiger partial charge in [-0.25, -0.2) is 14.2 Å². The Balaban J connectivity index is 1.58. The summed E-state index contributed by atoms with van der Waals surface area (Å²) in [5, 5.41) is 0. The number of esters is 1. The van der Waals surface area contributed by atoms with Gasteiger partial charge >= 0.3 is 5.97 Å². The third-order valence-corrected chi connectivity index (χ3v) is 7.86. The van der Waals surface area contributed by atoms with Crippen LogP contribution in [0.2, 0.25) is 0 Å². The molecule has 0 saturated carbocycles. The molecule has 0 N–H and O–H groups in total. The number of carbonyl (C=O) groups is 1. The second-order valence-electron chi connectivity index (χ2n) is 9.83. The lowest BCUT2D eigenvalue weighted by molar-refractivity contribution is -0.139. The van der Waals surface area contributed by atoms with Gasteiger partial charge in [-0.3, -0.25) is 9.36 Å². The van der Waals surface area contributed by atoms with Crippen molar-refractivity contribution in [3.05, 3.63) is 120 Å². The number of nitrogens with zero attached hydrogens (tertiary/aromatic N) is 2. The standard InChI is InChI=1S/C34H33FN2O6S/c1-5-40-26-14-9-8-13-25(26)31-30(33(39)42-7-3)21(4)36-34-37(31)32(38)29(44-34)19-22-15-16-27(28(18-22)41-6-2)43-20-23-11-10-12-24(35)17-23/h8-19,31H,5-7,20H2,1-4H3/b29-19-/t31-/m0/s1. The molecule has 10 heteroatoms. The fourth-order valence-electron chi connectivity index (χ4n) is 5.02. The van der Waals surface area contributed by atoms with Crippen molar-refractivity contribution in [1.82, 2.24) is 4.57 Å². The number of thiazole rings is 1. The average molecular weight is 617 g/mol. The number of hydrogen-bond donors (Lipinski definition) is 0. The van der Waals surface area contributed by atoms with Crippen LogP contribution in [0.25, 0.3) is 6.08 Å². The zero-order valence-corrected chi connectivity index (χ0v) is 25.8. The Morgan fingerprint density at radius 2 is 1.70 bits per heavy atom. The zero-order valence-electron chi connectivity index (χ0n) is 25.0. The average Bonchev–Trinajstić information content (AvgIpc) is 3.30. The first-order chi connectivity index (χ1) is 21.3. The molecular weight excluding hydrogens is 583 g/mol. The van der Waals surface area contributed by atoms with Gasteiger partial charge in [0.1, 0.15) is 24.2 Å². The summed E-state index contributed by atoms with van der Waals surface area (Å²) in [7, 11) is 0. The molecule has 0 bridgehead atoms. The number of carbonyl (C=O) groups excluding carboxylic acids is 1. The smallest absolute Gasteiger partial charge is 0.338 e. The minimum Gasteiger partial charge on any atom is -0.494 e. The molecule has 1 aliphatic heterocycles. The molecule has 0 unspecified atom stereocenters. The number of benzene rings is 3. The van der Waals surface area contributed by atoms with Crippen LogP contribution in [-0.2, 0) is 16.1 Å². The number of halogens is 1. The van der Waals surface area contributed by atoms with Crippen molar-refractivity contribution in [3.63, 3.8) is 0 Å². The minimum atomic E-state index is -0.784. The van der Waals surface area contributed by atoms with Crippen LogP contribution in [0.3, 0.4) is 0 Å². The van der Waals surface area contributed by atoms with Crippen molar-refractivity contribution in [2.45, 2.75) is 40.3 Å². The van der Waals surface area contributed by atoms with Crippen LogP contribution in [0.5, 0.6) is 17.2 Å². The van der Waals surface area contributed by atoms with Gasteiger partial charge in [0, 0.05) is 5.56 Å². The van der Waals surface area contributed by atoms with E-state index >= 15 is 0 Å². The SMILES string of the molecule is CCOC(=O)C1=C(C)N=c2s/c(=C\c3ccc(OCc4cccc(F)c4)c(OCC)c3)c(=O)n2[C@H]1c1ccccc1OCC. The summed E-state index contributed by atoms with van der Waals surface area (Å²) in [5.74, 6) is 0.697. The van der Waals surface area contributed by atoms with Crippen molar-refractivity contribution >= 4 is 23.4 Å². The lowest BCUT2D eigenvalue weighted by Gasteiger charge is -2.26. The summed E-state index contributed by atoms with van der Waals surface area (Å²) < 4.78 is 38.7. The number of hydrogen-bond acceptors (Lipinski definition) is 8. The molecule has 0 saturated heterocycles. The molecule has 0 fully saturated rings. The van der Waals surface area contributed by atoms with Crippen LogP contribution in [-0.4, -0.2) is 30.4 Å². The van der Waals surface area contributed by atoms with Crippen LogP contribution in [0, 0.1) is 5.82 Å². The molecule has 1 aliphatic rings. The Hall–Kier alpha value is -4.70. The maximum atomic E-state index is 14.0. The number of rotatable bonds is 11. The molecule has 0 aliphatic carbocycles. The van der Waals surface area contributed by atoms with E-state index in [1.807, 2.05) is 44.2 Å². The molecule has 0 spiro atoms. The number of allylic oxidation sites excluding steroid dienone is 1. The van der Waals surface area contributed by atoms with E-state index in [4.69, 9.17) is 18.9 Å². The number of aromatic nitrogens is 1. The monoisotopic (exact) mass is 616 g/mol. The Kier molecular flexibility index (Phi) is 9.59. The summed E-state index contributed by atoms with van der Waals surface area (Å²) in [6.45, 7) is 8.40. The summed E-state index contributed by atoms with van der Waals surface area (Å²) >= 11 is 1.23. The molecule has 1 aromatic heterocycles. The Labute approximate surface area is 258 Å². The van der Waals surface area contributed by atoms with Crippen molar-refractivity contribution in [3.8, 4) is 17.2 Å². The highest BCUT2D eigenvalue weighted by atomic mass is 32.1. The van der Waals surface area contributed by atoms with Crippen LogP contribution in [0.15, 0.2) is 87.8 Å². The van der Waals surface area contributed by atoms with Gasteiger partial charge in [0.2, 0.25) is 0 Å². The van der Waals surface area contributed by atoms with E-state index in [-0.39, 0.29) is 30.2 Å². The van der Waals surface area contributed by atoms with Gasteiger partial charge in [-0.15, -0.1) is 0 Å². The largest absolute Gasteiger partial charge is 0.494 e. The van der Waals surface area contributed by atoms with Crippen molar-refractivity contribution < 1.29 is 28.1 Å². The first-order valence-corrected chi connectivity index (χ1v) is 15.2. The number of para-hydroxylation sites is 1. The number of ether oxygens (including phenoxy) is 4. The molecule has 0 amide bonds. The van der Waals surface area contributed by atoms with E-state index in [1.54, 1.807) is 44.2 Å². The first-order valence-electron chi connectivity index (χ1n) is 14.4. The summed E-state index contributed by atoms with van der Waals surface area (Å²) in [6.07, 6.45) is 1.76. The molecule has 4 aromatic rings. The third-order valence-electron chi connectivity index (χ3n) is 6.88. The van der Waals surface area contributed by atoms with Crippen LogP contribution in [0.4, 0.5) is 4.39 Å². The highest BCUT2D eigenvalue weighted by Gasteiger charge is 2.35. The van der Waals surface area contributed by atoms with Gasteiger partial charge in [0.15, 0.2) is 16.3 Å². The van der Waals surface area contributed by atoms with Gasteiger partial charge < -0.3 is 18.9 Å². The molecule has 1 atom stereocenters. The van der Waals surface area contributed by atoms with Gasteiger partial charge in [0.05, 0.1) is 35.6 Å². The predicted molar refractivity (Wildman–Crippen MR) is 166 cm³/mol. The van der Waals surface area contributed by atoms with E-state index in [0.717, 1.165) is 0 Å². The van der Waals surface area contributed by atoms with E-state index in [9.17, 15) is 14.0 Å². The highest BCUT2D eigenvalue weighted by molar-refractivity contribution is 7.07. The van der Waals surface area contributed by atoms with E-state index in [1.165, 1.54) is 28.0 Å². The Morgan fingerprint density at radius 1 is 0.932 bits per heavy atom. The van der Waals surface area contributed by atoms with Gasteiger partial charge in [-0.2, -0.15) is 0 Å². The third kappa shape index (κ3) is 6.45. The summed E-state index contributed by atoms with van der Waals surface area (Å²) in [6, 6.07) is 18.2. The van der Waals surface area contributed by atoms with E-state index in [2.05, 4.69) is 4.99 Å². The first kappa shape index (κ1) is 30.7.